The zero-order chi connectivity index (χ0) is 22.1. The second-order valence-corrected chi connectivity index (χ2v) is 8.78. The highest BCUT2D eigenvalue weighted by Gasteiger charge is 2.25. The van der Waals surface area contributed by atoms with Crippen LogP contribution in [0.4, 0.5) is 0 Å². The van der Waals surface area contributed by atoms with Crippen LogP contribution in [0.2, 0.25) is 0 Å². The summed E-state index contributed by atoms with van der Waals surface area (Å²) in [5.41, 5.74) is 5.76. The number of nitrogens with zero attached hydrogens (tertiary/aromatic N) is 2. The summed E-state index contributed by atoms with van der Waals surface area (Å²) < 4.78 is 10.8. The van der Waals surface area contributed by atoms with E-state index in [1.807, 2.05) is 29.2 Å². The number of H-pyrrole nitrogens is 1. The normalized spacial score (nSPS) is 16.8. The van der Waals surface area contributed by atoms with Gasteiger partial charge in [-0.2, -0.15) is 0 Å². The standard InChI is InChI=1S/C26H31N3O3/c1-31-23-11-10-18(16-24(23)32-2)17-28-12-14-29(15-13-28)26(30)21-8-5-7-20-19-6-3-4-9-22(19)27-25(20)21/h5,7-8,10-11,16,27H,3-4,6,9,12-15,17H2,1-2H3. The molecule has 32 heavy (non-hydrogen) atoms. The van der Waals surface area contributed by atoms with E-state index in [0.29, 0.717) is 0 Å². The molecular formula is C26H31N3O3. The maximum Gasteiger partial charge on any atom is 0.256 e. The molecule has 6 heteroatoms. The summed E-state index contributed by atoms with van der Waals surface area (Å²) in [5, 5.41) is 1.23. The summed E-state index contributed by atoms with van der Waals surface area (Å²) in [6.45, 7) is 4.03. The smallest absolute Gasteiger partial charge is 0.256 e. The van der Waals surface area contributed by atoms with Crippen molar-refractivity contribution in [2.45, 2.75) is 32.2 Å². The van der Waals surface area contributed by atoms with Crippen molar-refractivity contribution in [1.82, 2.24) is 14.8 Å². The molecule has 168 valence electrons. The summed E-state index contributed by atoms with van der Waals surface area (Å²) in [5.74, 6) is 1.63. The predicted molar refractivity (Wildman–Crippen MR) is 126 cm³/mol. The Kier molecular flexibility index (Phi) is 5.79. The summed E-state index contributed by atoms with van der Waals surface area (Å²) in [7, 11) is 3.31. The van der Waals surface area contributed by atoms with Crippen LogP contribution in [-0.4, -0.2) is 61.1 Å². The number of nitrogens with one attached hydrogen (secondary N) is 1. The summed E-state index contributed by atoms with van der Waals surface area (Å²) >= 11 is 0. The molecule has 3 aromatic rings. The molecule has 1 aliphatic heterocycles. The lowest BCUT2D eigenvalue weighted by atomic mass is 9.95. The Labute approximate surface area is 189 Å². The molecule has 1 aliphatic carbocycles. The second-order valence-electron chi connectivity index (χ2n) is 8.78. The van der Waals surface area contributed by atoms with Gasteiger partial charge in [0.2, 0.25) is 0 Å². The highest BCUT2D eigenvalue weighted by atomic mass is 16.5. The molecule has 0 unspecified atom stereocenters. The molecule has 0 atom stereocenters. The van der Waals surface area contributed by atoms with E-state index in [9.17, 15) is 4.79 Å². The third-order valence-corrected chi connectivity index (χ3v) is 6.88. The lowest BCUT2D eigenvalue weighted by molar-refractivity contribution is 0.0630. The molecule has 1 amide bonds. The van der Waals surface area contributed by atoms with Crippen molar-refractivity contribution in [2.24, 2.45) is 0 Å². The van der Waals surface area contributed by atoms with Crippen molar-refractivity contribution in [1.29, 1.82) is 0 Å². The van der Waals surface area contributed by atoms with Crippen LogP contribution in [0.25, 0.3) is 10.9 Å². The van der Waals surface area contributed by atoms with Crippen LogP contribution in [0.5, 0.6) is 11.5 Å². The molecule has 0 bridgehead atoms. The van der Waals surface area contributed by atoms with Gasteiger partial charge >= 0.3 is 0 Å². The maximum atomic E-state index is 13.4. The van der Waals surface area contributed by atoms with Gasteiger partial charge in [0.25, 0.3) is 5.91 Å². The van der Waals surface area contributed by atoms with Crippen molar-refractivity contribution >= 4 is 16.8 Å². The SMILES string of the molecule is COc1ccc(CN2CCN(C(=O)c3cccc4c5c([nH]c34)CCCC5)CC2)cc1OC. The van der Waals surface area contributed by atoms with E-state index in [-0.39, 0.29) is 5.91 Å². The van der Waals surface area contributed by atoms with Crippen LogP contribution >= 0.6 is 0 Å². The van der Waals surface area contributed by atoms with Gasteiger partial charge in [-0.15, -0.1) is 0 Å². The minimum absolute atomic E-state index is 0.139. The fourth-order valence-electron chi connectivity index (χ4n) is 5.12. The number of aromatic amines is 1. The maximum absolute atomic E-state index is 13.4. The highest BCUT2D eigenvalue weighted by Crippen LogP contribution is 2.32. The number of carbonyl (C=O) groups is 1. The highest BCUT2D eigenvalue weighted by molar-refractivity contribution is 6.06. The van der Waals surface area contributed by atoms with Crippen molar-refractivity contribution in [3.05, 3.63) is 58.8 Å². The number of aromatic nitrogens is 1. The number of rotatable bonds is 5. The van der Waals surface area contributed by atoms with Gasteiger partial charge in [-0.1, -0.05) is 18.2 Å². The van der Waals surface area contributed by atoms with E-state index in [2.05, 4.69) is 22.0 Å². The number of carbonyl (C=O) groups excluding carboxylic acids is 1. The van der Waals surface area contributed by atoms with E-state index < -0.39 is 0 Å². The first-order chi connectivity index (χ1) is 15.7. The van der Waals surface area contributed by atoms with E-state index in [1.54, 1.807) is 14.2 Å². The first kappa shape index (κ1) is 20.9. The van der Waals surface area contributed by atoms with Gasteiger partial charge in [-0.25, -0.2) is 0 Å². The fourth-order valence-corrected chi connectivity index (χ4v) is 5.12. The largest absolute Gasteiger partial charge is 0.493 e. The first-order valence-corrected chi connectivity index (χ1v) is 11.5. The van der Waals surface area contributed by atoms with Gasteiger partial charge < -0.3 is 19.4 Å². The predicted octanol–water partition coefficient (Wildman–Crippen LogP) is 4.02. The average molecular weight is 434 g/mol. The minimum Gasteiger partial charge on any atom is -0.493 e. The van der Waals surface area contributed by atoms with E-state index in [4.69, 9.17) is 9.47 Å². The van der Waals surface area contributed by atoms with Gasteiger partial charge in [0, 0.05) is 43.8 Å². The van der Waals surface area contributed by atoms with Crippen LogP contribution in [0, 0.1) is 0 Å². The number of aryl methyl sites for hydroxylation is 2. The van der Waals surface area contributed by atoms with E-state index in [1.165, 1.54) is 35.0 Å². The van der Waals surface area contributed by atoms with Gasteiger partial charge in [-0.05, 0) is 55.0 Å². The molecule has 1 aromatic heterocycles. The van der Waals surface area contributed by atoms with Gasteiger partial charge in [-0.3, -0.25) is 9.69 Å². The Hall–Kier alpha value is -2.99. The number of amides is 1. The Balaban J connectivity index is 1.27. The third-order valence-electron chi connectivity index (χ3n) is 6.88. The van der Waals surface area contributed by atoms with Crippen LogP contribution in [0.1, 0.15) is 40.0 Å². The number of benzene rings is 2. The van der Waals surface area contributed by atoms with Gasteiger partial charge in [0.15, 0.2) is 11.5 Å². The summed E-state index contributed by atoms with van der Waals surface area (Å²) in [6, 6.07) is 12.2. The topological polar surface area (TPSA) is 57.8 Å². The lowest BCUT2D eigenvalue weighted by Gasteiger charge is -2.35. The Bertz CT molecular complexity index is 1130. The number of ether oxygens (including phenoxy) is 2. The van der Waals surface area contributed by atoms with Crippen molar-refractivity contribution in [3.8, 4) is 11.5 Å². The average Bonchev–Trinajstić information content (AvgIpc) is 3.23. The van der Waals surface area contributed by atoms with Crippen LogP contribution in [0.3, 0.4) is 0 Å². The molecule has 2 heterocycles. The lowest BCUT2D eigenvalue weighted by Crippen LogP contribution is -2.48. The van der Waals surface area contributed by atoms with Gasteiger partial charge in [0.05, 0.1) is 25.3 Å². The molecule has 0 saturated carbocycles. The van der Waals surface area contributed by atoms with Crippen LogP contribution in [-0.2, 0) is 19.4 Å². The molecule has 5 rings (SSSR count). The van der Waals surface area contributed by atoms with E-state index >= 15 is 0 Å². The molecule has 2 aromatic carbocycles. The fraction of sp³-hybridized carbons (Fsp3) is 0.423. The first-order valence-electron chi connectivity index (χ1n) is 11.5. The quantitative estimate of drug-likeness (QED) is 0.660. The second kappa shape index (κ2) is 8.87. The van der Waals surface area contributed by atoms with Crippen molar-refractivity contribution < 1.29 is 14.3 Å². The Morgan fingerprint density at radius 1 is 0.969 bits per heavy atom. The van der Waals surface area contributed by atoms with E-state index in [0.717, 1.165) is 68.1 Å². The third kappa shape index (κ3) is 3.84. The number of fused-ring (bicyclic) bond motifs is 3. The molecular weight excluding hydrogens is 402 g/mol. The molecule has 1 saturated heterocycles. The molecule has 1 N–H and O–H groups in total. The molecule has 0 spiro atoms. The zero-order valence-electron chi connectivity index (χ0n) is 18.9. The Morgan fingerprint density at radius 3 is 2.53 bits per heavy atom. The van der Waals surface area contributed by atoms with Crippen LogP contribution < -0.4 is 9.47 Å². The number of methoxy groups -OCH3 is 2. The summed E-state index contributed by atoms with van der Waals surface area (Å²) in [6.07, 6.45) is 4.67. The number of hydrogen-bond acceptors (Lipinski definition) is 4. The minimum atomic E-state index is 0.139. The van der Waals surface area contributed by atoms with Crippen molar-refractivity contribution in [2.75, 3.05) is 40.4 Å². The molecule has 1 fully saturated rings. The van der Waals surface area contributed by atoms with Gasteiger partial charge in [0.1, 0.15) is 0 Å². The number of hydrogen-bond donors (Lipinski definition) is 1. The van der Waals surface area contributed by atoms with Crippen LogP contribution in [0.15, 0.2) is 36.4 Å². The monoisotopic (exact) mass is 433 g/mol. The van der Waals surface area contributed by atoms with Crippen molar-refractivity contribution in [3.63, 3.8) is 0 Å². The molecule has 6 nitrogen and oxygen atoms in total. The molecule has 2 aliphatic rings. The number of para-hydroxylation sites is 1. The molecule has 0 radical (unpaired) electrons. The number of piperazine rings is 1. The zero-order valence-corrected chi connectivity index (χ0v) is 18.9. The summed E-state index contributed by atoms with van der Waals surface area (Å²) in [4.78, 5) is 21.4. The Morgan fingerprint density at radius 2 is 1.75 bits per heavy atom.